The molecule has 0 aliphatic carbocycles. The highest BCUT2D eigenvalue weighted by Crippen LogP contribution is 2.25. The molecule has 4 nitrogen and oxygen atoms in total. The first-order chi connectivity index (χ1) is 8.40. The van der Waals surface area contributed by atoms with Gasteiger partial charge in [0, 0.05) is 19.3 Å². The Bertz CT molecular complexity index is 463. The van der Waals surface area contributed by atoms with Crippen LogP contribution in [0.5, 0.6) is 0 Å². The number of rotatable bonds is 6. The monoisotopic (exact) mass is 271 g/mol. The molecule has 0 aromatic carbocycles. The van der Waals surface area contributed by atoms with Gasteiger partial charge in [-0.1, -0.05) is 13.8 Å². The maximum absolute atomic E-state index is 11.9. The van der Waals surface area contributed by atoms with E-state index in [-0.39, 0.29) is 5.92 Å². The van der Waals surface area contributed by atoms with Crippen molar-refractivity contribution in [3.63, 3.8) is 0 Å². The minimum absolute atomic E-state index is 0.155. The van der Waals surface area contributed by atoms with Crippen molar-refractivity contribution in [2.45, 2.75) is 33.2 Å². The van der Waals surface area contributed by atoms with E-state index in [1.54, 1.807) is 11.7 Å². The van der Waals surface area contributed by atoms with Gasteiger partial charge in [-0.3, -0.25) is 9.59 Å². The second kappa shape index (κ2) is 6.16. The van der Waals surface area contributed by atoms with E-state index in [9.17, 15) is 9.59 Å². The van der Waals surface area contributed by atoms with E-state index in [1.807, 2.05) is 26.8 Å². The van der Waals surface area contributed by atoms with Crippen LogP contribution in [0.1, 0.15) is 41.5 Å². The van der Waals surface area contributed by atoms with Crippen LogP contribution < -0.4 is 0 Å². The highest BCUT2D eigenvalue weighted by atomic mass is 35.5. The fourth-order valence-corrected chi connectivity index (χ4v) is 2.05. The van der Waals surface area contributed by atoms with Gasteiger partial charge < -0.3 is 9.30 Å². The standard InChI is InChI=1S/C13H18ClNO3/c1-8(2)10-7-9(3)15(5-6-18-4)11(10)12(16)13(14)17/h7-8H,5-6H2,1-4H3. The van der Waals surface area contributed by atoms with E-state index >= 15 is 0 Å². The van der Waals surface area contributed by atoms with Gasteiger partial charge in [0.2, 0.25) is 0 Å². The molecule has 0 amide bonds. The van der Waals surface area contributed by atoms with Crippen molar-refractivity contribution in [1.82, 2.24) is 4.57 Å². The lowest BCUT2D eigenvalue weighted by atomic mass is 10.0. The predicted octanol–water partition coefficient (Wildman–Crippen LogP) is 2.51. The highest BCUT2D eigenvalue weighted by molar-refractivity contribution is 6.83. The zero-order chi connectivity index (χ0) is 13.9. The molecule has 0 N–H and O–H groups in total. The van der Waals surface area contributed by atoms with Gasteiger partial charge in [-0.15, -0.1) is 0 Å². The summed E-state index contributed by atoms with van der Waals surface area (Å²) in [6.45, 7) is 6.86. The topological polar surface area (TPSA) is 48.3 Å². The second-order valence-corrected chi connectivity index (χ2v) is 4.83. The number of ketones is 1. The number of ether oxygens (including phenoxy) is 1. The number of methoxy groups -OCH3 is 1. The van der Waals surface area contributed by atoms with E-state index in [4.69, 9.17) is 16.3 Å². The first-order valence-corrected chi connectivity index (χ1v) is 6.21. The van der Waals surface area contributed by atoms with Crippen LogP contribution in [-0.4, -0.2) is 29.3 Å². The van der Waals surface area contributed by atoms with Crippen LogP contribution in [-0.2, 0) is 16.1 Å². The molecule has 1 rings (SSSR count). The van der Waals surface area contributed by atoms with Gasteiger partial charge >= 0.3 is 0 Å². The molecule has 0 aliphatic rings. The minimum atomic E-state index is -0.950. The number of Topliss-reactive ketones (excluding diaryl/α,β-unsaturated/α-hetero) is 1. The average molecular weight is 272 g/mol. The molecule has 0 spiro atoms. The zero-order valence-corrected chi connectivity index (χ0v) is 11.9. The Morgan fingerprint density at radius 2 is 2.06 bits per heavy atom. The van der Waals surface area contributed by atoms with Crippen molar-refractivity contribution in [1.29, 1.82) is 0 Å². The third-order valence-electron chi connectivity index (χ3n) is 2.87. The summed E-state index contributed by atoms with van der Waals surface area (Å²) in [4.78, 5) is 23.0. The zero-order valence-electron chi connectivity index (χ0n) is 11.1. The molecule has 0 bridgehead atoms. The molecule has 1 aromatic rings. The van der Waals surface area contributed by atoms with Gasteiger partial charge in [-0.05, 0) is 36.1 Å². The maximum atomic E-state index is 11.9. The van der Waals surface area contributed by atoms with Gasteiger partial charge in [-0.25, -0.2) is 0 Å². The summed E-state index contributed by atoms with van der Waals surface area (Å²) in [7, 11) is 1.59. The number of aromatic nitrogens is 1. The van der Waals surface area contributed by atoms with Gasteiger partial charge in [0.15, 0.2) is 0 Å². The molecule has 1 aromatic heterocycles. The van der Waals surface area contributed by atoms with Crippen molar-refractivity contribution in [2.24, 2.45) is 0 Å². The van der Waals surface area contributed by atoms with E-state index < -0.39 is 11.0 Å². The lowest BCUT2D eigenvalue weighted by molar-refractivity contribution is -0.108. The smallest absolute Gasteiger partial charge is 0.294 e. The number of hydrogen-bond acceptors (Lipinski definition) is 3. The first-order valence-electron chi connectivity index (χ1n) is 5.83. The highest BCUT2D eigenvalue weighted by Gasteiger charge is 2.25. The van der Waals surface area contributed by atoms with Crippen molar-refractivity contribution in [3.8, 4) is 0 Å². The summed E-state index contributed by atoms with van der Waals surface area (Å²) < 4.78 is 6.81. The fourth-order valence-electron chi connectivity index (χ4n) is 1.96. The Balaban J connectivity index is 3.31. The van der Waals surface area contributed by atoms with E-state index in [0.29, 0.717) is 18.8 Å². The summed E-state index contributed by atoms with van der Waals surface area (Å²) in [5.74, 6) is -0.493. The number of aryl methyl sites for hydroxylation is 1. The Kier molecular flexibility index (Phi) is 5.11. The molecule has 0 saturated heterocycles. The Morgan fingerprint density at radius 3 is 2.50 bits per heavy atom. The molecule has 0 unspecified atom stereocenters. The molecule has 1 heterocycles. The predicted molar refractivity (Wildman–Crippen MR) is 70.3 cm³/mol. The Labute approximate surface area is 112 Å². The van der Waals surface area contributed by atoms with E-state index in [2.05, 4.69) is 0 Å². The summed E-state index contributed by atoms with van der Waals surface area (Å²) in [6.07, 6.45) is 0. The molecule has 5 heteroatoms. The third kappa shape index (κ3) is 3.00. The van der Waals surface area contributed by atoms with Crippen LogP contribution in [0.2, 0.25) is 0 Å². The largest absolute Gasteiger partial charge is 0.383 e. The van der Waals surface area contributed by atoms with Crippen LogP contribution in [0, 0.1) is 6.92 Å². The van der Waals surface area contributed by atoms with E-state index in [1.165, 1.54) is 0 Å². The molecular formula is C13H18ClNO3. The summed E-state index contributed by atoms with van der Waals surface area (Å²) in [5, 5.41) is -0.950. The molecule has 0 radical (unpaired) electrons. The molecule has 0 saturated carbocycles. The van der Waals surface area contributed by atoms with Crippen LogP contribution in [0.4, 0.5) is 0 Å². The van der Waals surface area contributed by atoms with Crippen molar-refractivity contribution in [2.75, 3.05) is 13.7 Å². The van der Waals surface area contributed by atoms with Crippen LogP contribution in [0.15, 0.2) is 6.07 Å². The van der Waals surface area contributed by atoms with Crippen LogP contribution in [0.25, 0.3) is 0 Å². The number of halogens is 1. The number of carbonyl (C=O) groups is 2. The normalized spacial score (nSPS) is 11.0. The second-order valence-electron chi connectivity index (χ2n) is 4.49. The number of hydrogen-bond donors (Lipinski definition) is 0. The molecule has 0 fully saturated rings. The Hall–Kier alpha value is -1.13. The minimum Gasteiger partial charge on any atom is -0.383 e. The van der Waals surface area contributed by atoms with Gasteiger partial charge in [0.25, 0.3) is 11.0 Å². The van der Waals surface area contributed by atoms with Gasteiger partial charge in [0.1, 0.15) is 0 Å². The fraction of sp³-hybridized carbons (Fsp3) is 0.538. The third-order valence-corrected chi connectivity index (χ3v) is 3.04. The lowest BCUT2D eigenvalue weighted by Gasteiger charge is -2.11. The van der Waals surface area contributed by atoms with Crippen molar-refractivity contribution < 1.29 is 14.3 Å². The molecule has 18 heavy (non-hydrogen) atoms. The summed E-state index contributed by atoms with van der Waals surface area (Å²) in [6, 6.07) is 1.92. The van der Waals surface area contributed by atoms with Crippen molar-refractivity contribution >= 4 is 22.6 Å². The number of nitrogens with zero attached hydrogens (tertiary/aromatic N) is 1. The lowest BCUT2D eigenvalue weighted by Crippen LogP contribution is -2.19. The van der Waals surface area contributed by atoms with Crippen LogP contribution in [0.3, 0.4) is 0 Å². The molecule has 0 atom stereocenters. The van der Waals surface area contributed by atoms with Crippen molar-refractivity contribution in [3.05, 3.63) is 23.0 Å². The quantitative estimate of drug-likeness (QED) is 0.454. The van der Waals surface area contributed by atoms with Crippen LogP contribution >= 0.6 is 11.6 Å². The first kappa shape index (κ1) is 14.9. The average Bonchev–Trinajstić information content (AvgIpc) is 2.62. The maximum Gasteiger partial charge on any atom is 0.294 e. The summed E-state index contributed by atoms with van der Waals surface area (Å²) >= 11 is 5.32. The SMILES string of the molecule is COCCn1c(C)cc(C(C)C)c1C(=O)C(=O)Cl. The molecular weight excluding hydrogens is 254 g/mol. The molecule has 0 aliphatic heterocycles. The summed E-state index contributed by atoms with van der Waals surface area (Å²) in [5.41, 5.74) is 2.17. The number of carbonyl (C=O) groups excluding carboxylic acids is 2. The van der Waals surface area contributed by atoms with Gasteiger partial charge in [0.05, 0.1) is 12.3 Å². The van der Waals surface area contributed by atoms with Gasteiger partial charge in [-0.2, -0.15) is 0 Å². The van der Waals surface area contributed by atoms with E-state index in [0.717, 1.165) is 11.3 Å². The molecule has 100 valence electrons. The Morgan fingerprint density at radius 1 is 1.44 bits per heavy atom.